The molecule has 0 saturated heterocycles. The van der Waals surface area contributed by atoms with Crippen molar-refractivity contribution < 1.29 is 5.11 Å². The number of hydrogen-bond donors (Lipinski definition) is 1. The Hall–Kier alpha value is -1.61. The fourth-order valence-corrected chi connectivity index (χ4v) is 2.81. The van der Waals surface area contributed by atoms with E-state index in [0.29, 0.717) is 5.92 Å². The molecule has 2 rings (SSSR count). The summed E-state index contributed by atoms with van der Waals surface area (Å²) in [6.45, 7) is 5.50. The zero-order valence-electron chi connectivity index (χ0n) is 13.1. The SMILES string of the molecule is CCC(CC)c1nn(Cc2ccccc2)cc1CCCO. The Bertz CT molecular complexity index is 529. The minimum absolute atomic E-state index is 0.242. The summed E-state index contributed by atoms with van der Waals surface area (Å²) in [4.78, 5) is 0. The number of aryl methyl sites for hydroxylation is 1. The lowest BCUT2D eigenvalue weighted by Crippen LogP contribution is -2.04. The van der Waals surface area contributed by atoms with E-state index in [-0.39, 0.29) is 6.61 Å². The molecule has 0 atom stereocenters. The summed E-state index contributed by atoms with van der Waals surface area (Å²) in [6, 6.07) is 10.4. The van der Waals surface area contributed by atoms with E-state index >= 15 is 0 Å². The van der Waals surface area contributed by atoms with E-state index in [1.165, 1.54) is 16.8 Å². The van der Waals surface area contributed by atoms with Crippen LogP contribution in [0.3, 0.4) is 0 Å². The molecule has 0 radical (unpaired) electrons. The van der Waals surface area contributed by atoms with Crippen LogP contribution in [0.4, 0.5) is 0 Å². The number of aromatic nitrogens is 2. The molecule has 1 aromatic heterocycles. The maximum atomic E-state index is 9.09. The van der Waals surface area contributed by atoms with Gasteiger partial charge in [0.25, 0.3) is 0 Å². The number of nitrogens with zero attached hydrogens (tertiary/aromatic N) is 2. The van der Waals surface area contributed by atoms with Crippen LogP contribution in [0.1, 0.15) is 55.8 Å². The first-order chi connectivity index (χ1) is 10.3. The molecule has 1 aromatic carbocycles. The molecule has 0 saturated carbocycles. The van der Waals surface area contributed by atoms with Crippen LogP contribution in [0.15, 0.2) is 36.5 Å². The molecule has 2 aromatic rings. The van der Waals surface area contributed by atoms with E-state index in [1.807, 2.05) is 6.07 Å². The predicted octanol–water partition coefficient (Wildman–Crippen LogP) is 3.76. The molecule has 114 valence electrons. The number of aliphatic hydroxyl groups excluding tert-OH is 1. The molecule has 3 nitrogen and oxygen atoms in total. The summed E-state index contributed by atoms with van der Waals surface area (Å²) in [6.07, 6.45) is 6.12. The molecular formula is C18H26N2O. The molecule has 0 unspecified atom stereocenters. The Kier molecular flexibility index (Phi) is 6.00. The number of rotatable bonds is 8. The monoisotopic (exact) mass is 286 g/mol. The second-order valence-electron chi connectivity index (χ2n) is 5.56. The summed E-state index contributed by atoms with van der Waals surface area (Å²) < 4.78 is 2.05. The van der Waals surface area contributed by atoms with Crippen LogP contribution in [0, 0.1) is 0 Å². The van der Waals surface area contributed by atoms with E-state index in [2.05, 4.69) is 49.0 Å². The van der Waals surface area contributed by atoms with E-state index in [0.717, 1.165) is 32.2 Å². The zero-order valence-corrected chi connectivity index (χ0v) is 13.1. The Morgan fingerprint density at radius 1 is 1.14 bits per heavy atom. The van der Waals surface area contributed by atoms with Crippen molar-refractivity contribution in [3.63, 3.8) is 0 Å². The van der Waals surface area contributed by atoms with Crippen molar-refractivity contribution in [2.24, 2.45) is 0 Å². The Balaban J connectivity index is 2.22. The summed E-state index contributed by atoms with van der Waals surface area (Å²) in [5.74, 6) is 0.524. The van der Waals surface area contributed by atoms with E-state index in [9.17, 15) is 0 Å². The highest BCUT2D eigenvalue weighted by Crippen LogP contribution is 2.26. The van der Waals surface area contributed by atoms with Gasteiger partial charge < -0.3 is 5.11 Å². The summed E-state index contributed by atoms with van der Waals surface area (Å²) in [5, 5.41) is 13.9. The third-order valence-corrected chi connectivity index (χ3v) is 4.03. The van der Waals surface area contributed by atoms with Gasteiger partial charge in [0.2, 0.25) is 0 Å². The standard InChI is InChI=1S/C18H26N2O/c1-3-16(4-2)18-17(11-8-12-21)14-20(19-18)13-15-9-6-5-7-10-15/h5-7,9-10,14,16,21H,3-4,8,11-13H2,1-2H3. The lowest BCUT2D eigenvalue weighted by atomic mass is 9.95. The Morgan fingerprint density at radius 3 is 2.48 bits per heavy atom. The largest absolute Gasteiger partial charge is 0.396 e. The first-order valence-electron chi connectivity index (χ1n) is 7.99. The molecule has 0 aliphatic carbocycles. The smallest absolute Gasteiger partial charge is 0.0687 e. The minimum atomic E-state index is 0.242. The molecule has 21 heavy (non-hydrogen) atoms. The summed E-state index contributed by atoms with van der Waals surface area (Å²) in [7, 11) is 0. The lowest BCUT2D eigenvalue weighted by Gasteiger charge is -2.11. The molecular weight excluding hydrogens is 260 g/mol. The highest BCUT2D eigenvalue weighted by Gasteiger charge is 2.16. The maximum absolute atomic E-state index is 9.09. The van der Waals surface area contributed by atoms with Crippen LogP contribution < -0.4 is 0 Å². The van der Waals surface area contributed by atoms with Crippen LogP contribution in [-0.4, -0.2) is 21.5 Å². The van der Waals surface area contributed by atoms with E-state index in [4.69, 9.17) is 10.2 Å². The molecule has 0 aliphatic heterocycles. The third kappa shape index (κ3) is 4.18. The van der Waals surface area contributed by atoms with Gasteiger partial charge in [0.1, 0.15) is 0 Å². The summed E-state index contributed by atoms with van der Waals surface area (Å²) in [5.41, 5.74) is 3.79. The van der Waals surface area contributed by atoms with Gasteiger partial charge in [-0.25, -0.2) is 0 Å². The van der Waals surface area contributed by atoms with E-state index < -0.39 is 0 Å². The van der Waals surface area contributed by atoms with Crippen LogP contribution in [0.2, 0.25) is 0 Å². The van der Waals surface area contributed by atoms with Gasteiger partial charge in [-0.1, -0.05) is 44.2 Å². The maximum Gasteiger partial charge on any atom is 0.0687 e. The quantitative estimate of drug-likeness (QED) is 0.802. The van der Waals surface area contributed by atoms with Gasteiger partial charge in [0.15, 0.2) is 0 Å². The second-order valence-corrected chi connectivity index (χ2v) is 5.56. The molecule has 3 heteroatoms. The first-order valence-corrected chi connectivity index (χ1v) is 7.99. The molecule has 0 bridgehead atoms. The average Bonchev–Trinajstić information content (AvgIpc) is 2.90. The fraction of sp³-hybridized carbons (Fsp3) is 0.500. The number of benzene rings is 1. The van der Waals surface area contributed by atoms with Gasteiger partial charge >= 0.3 is 0 Å². The van der Waals surface area contributed by atoms with Crippen molar-refractivity contribution in [1.29, 1.82) is 0 Å². The van der Waals surface area contributed by atoms with Gasteiger partial charge in [-0.3, -0.25) is 4.68 Å². The number of hydrogen-bond acceptors (Lipinski definition) is 2. The fourth-order valence-electron chi connectivity index (χ4n) is 2.81. The Labute approximate surface area is 127 Å². The zero-order chi connectivity index (χ0) is 15.1. The van der Waals surface area contributed by atoms with Crippen LogP contribution in [-0.2, 0) is 13.0 Å². The van der Waals surface area contributed by atoms with E-state index in [1.54, 1.807) is 0 Å². The molecule has 0 spiro atoms. The third-order valence-electron chi connectivity index (χ3n) is 4.03. The topological polar surface area (TPSA) is 38.0 Å². The van der Waals surface area contributed by atoms with Gasteiger partial charge in [-0.05, 0) is 36.8 Å². The molecule has 0 fully saturated rings. The normalized spacial score (nSPS) is 11.2. The lowest BCUT2D eigenvalue weighted by molar-refractivity contribution is 0.288. The van der Waals surface area contributed by atoms with Crippen molar-refractivity contribution >= 4 is 0 Å². The van der Waals surface area contributed by atoms with Gasteiger partial charge in [-0.15, -0.1) is 0 Å². The molecule has 1 N–H and O–H groups in total. The minimum Gasteiger partial charge on any atom is -0.396 e. The number of aliphatic hydroxyl groups is 1. The van der Waals surface area contributed by atoms with Crippen molar-refractivity contribution in [2.45, 2.75) is 52.0 Å². The van der Waals surface area contributed by atoms with Crippen molar-refractivity contribution in [3.8, 4) is 0 Å². The second kappa shape index (κ2) is 7.99. The van der Waals surface area contributed by atoms with Gasteiger partial charge in [0.05, 0.1) is 12.2 Å². The summed E-state index contributed by atoms with van der Waals surface area (Å²) >= 11 is 0. The van der Waals surface area contributed by atoms with Crippen molar-refractivity contribution in [3.05, 3.63) is 53.3 Å². The molecule has 0 aliphatic rings. The molecule has 0 amide bonds. The first kappa shape index (κ1) is 15.8. The molecule has 1 heterocycles. The highest BCUT2D eigenvalue weighted by molar-refractivity contribution is 5.23. The predicted molar refractivity (Wildman–Crippen MR) is 86.5 cm³/mol. The average molecular weight is 286 g/mol. The van der Waals surface area contributed by atoms with Crippen molar-refractivity contribution in [1.82, 2.24) is 9.78 Å². The van der Waals surface area contributed by atoms with Crippen LogP contribution in [0.5, 0.6) is 0 Å². The highest BCUT2D eigenvalue weighted by atomic mass is 16.2. The van der Waals surface area contributed by atoms with Crippen LogP contribution in [0.25, 0.3) is 0 Å². The van der Waals surface area contributed by atoms with Gasteiger partial charge in [-0.2, -0.15) is 5.10 Å². The van der Waals surface area contributed by atoms with Crippen molar-refractivity contribution in [2.75, 3.05) is 6.61 Å². The Morgan fingerprint density at radius 2 is 1.86 bits per heavy atom. The van der Waals surface area contributed by atoms with Crippen LogP contribution >= 0.6 is 0 Å². The van der Waals surface area contributed by atoms with Gasteiger partial charge in [0, 0.05) is 18.7 Å².